The number of imidazole rings is 1. The molecule has 1 fully saturated rings. The third-order valence-corrected chi connectivity index (χ3v) is 7.77. The summed E-state index contributed by atoms with van der Waals surface area (Å²) in [6, 6.07) is 2.90. The van der Waals surface area contributed by atoms with E-state index in [4.69, 9.17) is 5.73 Å². The largest absolute Gasteiger partial charge is 0.504 e. The lowest BCUT2D eigenvalue weighted by Gasteiger charge is -2.32. The van der Waals surface area contributed by atoms with Crippen molar-refractivity contribution in [2.45, 2.75) is 48.9 Å². The topological polar surface area (TPSA) is 151 Å². The number of aliphatic hydroxyl groups is 1. The van der Waals surface area contributed by atoms with Crippen LogP contribution in [-0.4, -0.2) is 64.8 Å². The van der Waals surface area contributed by atoms with Crippen molar-refractivity contribution in [1.82, 2.24) is 24.4 Å². The van der Waals surface area contributed by atoms with Crippen molar-refractivity contribution in [3.05, 3.63) is 22.9 Å². The maximum atomic E-state index is 12.0. The molecule has 10 nitrogen and oxygen atoms in total. The van der Waals surface area contributed by atoms with E-state index in [2.05, 4.69) is 30.9 Å². The van der Waals surface area contributed by atoms with Crippen LogP contribution in [0.5, 0.6) is 11.5 Å². The van der Waals surface area contributed by atoms with Crippen molar-refractivity contribution in [2.24, 2.45) is 5.92 Å². The number of amides is 1. The Morgan fingerprint density at radius 2 is 1.97 bits per heavy atom. The van der Waals surface area contributed by atoms with Gasteiger partial charge in [0.1, 0.15) is 12.4 Å². The zero-order valence-corrected chi connectivity index (χ0v) is 20.4. The molecule has 0 radical (unpaired) electrons. The predicted molar refractivity (Wildman–Crippen MR) is 127 cm³/mol. The Kier molecular flexibility index (Phi) is 6.96. The van der Waals surface area contributed by atoms with Gasteiger partial charge in [-0.05, 0) is 60.2 Å². The Morgan fingerprint density at radius 1 is 1.27 bits per heavy atom. The highest BCUT2D eigenvalue weighted by Crippen LogP contribution is 2.40. The Morgan fingerprint density at radius 3 is 2.67 bits per heavy atom. The number of phenols is 2. The number of nitrogens with two attached hydrogens (primary N) is 1. The molecule has 3 heterocycles. The van der Waals surface area contributed by atoms with Gasteiger partial charge < -0.3 is 30.5 Å². The number of aromatic hydroxyl groups is 2. The van der Waals surface area contributed by atoms with Gasteiger partial charge in [-0.15, -0.1) is 0 Å². The predicted octanol–water partition coefficient (Wildman–Crippen LogP) is 2.74. The molecule has 0 aliphatic carbocycles. The van der Waals surface area contributed by atoms with Crippen LogP contribution < -0.4 is 5.73 Å². The highest BCUT2D eigenvalue weighted by molar-refractivity contribution is 9.10. The minimum absolute atomic E-state index is 0.213. The van der Waals surface area contributed by atoms with Gasteiger partial charge in [0.25, 0.3) is 5.91 Å². The van der Waals surface area contributed by atoms with Gasteiger partial charge in [-0.25, -0.2) is 15.0 Å². The van der Waals surface area contributed by atoms with Crippen LogP contribution in [-0.2, 0) is 11.3 Å². The van der Waals surface area contributed by atoms with Crippen LogP contribution in [0, 0.1) is 5.92 Å². The summed E-state index contributed by atoms with van der Waals surface area (Å²) in [6.07, 6.45) is 3.03. The number of piperidine rings is 1. The molecule has 4 rings (SSSR count). The van der Waals surface area contributed by atoms with E-state index in [9.17, 15) is 20.1 Å². The molecule has 5 N–H and O–H groups in total. The summed E-state index contributed by atoms with van der Waals surface area (Å²) in [5.41, 5.74) is 7.18. The van der Waals surface area contributed by atoms with Crippen molar-refractivity contribution < 1.29 is 20.1 Å². The fourth-order valence-electron chi connectivity index (χ4n) is 3.94. The molecule has 0 spiro atoms. The van der Waals surface area contributed by atoms with Crippen LogP contribution >= 0.6 is 27.7 Å². The first-order valence-electron chi connectivity index (χ1n) is 10.6. The second kappa shape index (κ2) is 9.74. The number of likely N-dealkylation sites (tertiary alicyclic amines) is 1. The van der Waals surface area contributed by atoms with Crippen LogP contribution in [0.1, 0.15) is 26.2 Å². The first kappa shape index (κ1) is 23.6. The fraction of sp³-hybridized carbons (Fsp3) is 0.429. The first-order chi connectivity index (χ1) is 15.7. The minimum Gasteiger partial charge on any atom is -0.504 e. The quantitative estimate of drug-likeness (QED) is 0.348. The van der Waals surface area contributed by atoms with Crippen molar-refractivity contribution in [1.29, 1.82) is 0 Å². The molecule has 1 aliphatic heterocycles. The Labute approximate surface area is 203 Å². The van der Waals surface area contributed by atoms with Gasteiger partial charge in [-0.1, -0.05) is 11.8 Å². The summed E-state index contributed by atoms with van der Waals surface area (Å²) in [6.45, 7) is 3.41. The summed E-state index contributed by atoms with van der Waals surface area (Å²) in [4.78, 5) is 27.5. The molecular weight excluding hydrogens is 512 g/mol. The molecule has 12 heteroatoms. The number of aromatic nitrogens is 4. The smallest absolute Gasteiger partial charge is 0.251 e. The maximum Gasteiger partial charge on any atom is 0.251 e. The standard InChI is InChI=1S/C21H25BrN6O4S/c1-11(29)20(32)27-5-2-12(3-6-27)4-7-28-19-17(18(23)24-10-25-19)26-21(28)33-16-9-15(31)14(30)8-13(16)22/h8-12,29-31H,2-7H2,1H3,(H2,23,24,25)/t11-/m0/s1. The number of anilines is 1. The number of carbonyl (C=O) groups excluding carboxylic acids is 1. The molecule has 1 aromatic carbocycles. The van der Waals surface area contributed by atoms with E-state index in [0.717, 1.165) is 19.3 Å². The van der Waals surface area contributed by atoms with Crippen molar-refractivity contribution >= 4 is 50.6 Å². The molecule has 1 saturated heterocycles. The number of hydrogen-bond acceptors (Lipinski definition) is 9. The average Bonchev–Trinajstić information content (AvgIpc) is 3.14. The van der Waals surface area contributed by atoms with E-state index < -0.39 is 6.10 Å². The van der Waals surface area contributed by atoms with Crippen LogP contribution in [0.25, 0.3) is 11.2 Å². The molecule has 1 atom stereocenters. The summed E-state index contributed by atoms with van der Waals surface area (Å²) in [5, 5.41) is 29.8. The van der Waals surface area contributed by atoms with Gasteiger partial charge in [0, 0.05) is 29.0 Å². The van der Waals surface area contributed by atoms with Gasteiger partial charge >= 0.3 is 0 Å². The number of hydrogen-bond donors (Lipinski definition) is 4. The fourth-order valence-corrected chi connectivity index (χ4v) is 5.46. The zero-order chi connectivity index (χ0) is 23.7. The summed E-state index contributed by atoms with van der Waals surface area (Å²) < 4.78 is 2.61. The number of nitrogens with zero attached hydrogens (tertiary/aromatic N) is 5. The van der Waals surface area contributed by atoms with Gasteiger partial charge in [-0.2, -0.15) is 0 Å². The molecule has 0 bridgehead atoms. The van der Waals surface area contributed by atoms with E-state index in [1.54, 1.807) is 4.90 Å². The van der Waals surface area contributed by atoms with Crippen molar-refractivity contribution in [2.75, 3.05) is 18.8 Å². The first-order valence-corrected chi connectivity index (χ1v) is 12.2. The molecule has 3 aromatic rings. The van der Waals surface area contributed by atoms with E-state index in [1.165, 1.54) is 37.1 Å². The number of fused-ring (bicyclic) bond motifs is 1. The van der Waals surface area contributed by atoms with E-state index in [0.29, 0.717) is 51.2 Å². The number of nitrogen functional groups attached to an aromatic ring is 1. The lowest BCUT2D eigenvalue weighted by atomic mass is 9.93. The number of aryl methyl sites for hydroxylation is 1. The number of halogens is 1. The molecule has 176 valence electrons. The lowest BCUT2D eigenvalue weighted by Crippen LogP contribution is -2.43. The van der Waals surface area contributed by atoms with Crippen LogP contribution in [0.3, 0.4) is 0 Å². The maximum absolute atomic E-state index is 12.0. The molecule has 1 amide bonds. The SMILES string of the molecule is C[C@H](O)C(=O)N1CCC(CCn2c(Sc3cc(O)c(O)cc3Br)nc3c(N)ncnc32)CC1. The highest BCUT2D eigenvalue weighted by atomic mass is 79.9. The van der Waals surface area contributed by atoms with Gasteiger partial charge in [0.05, 0.1) is 0 Å². The van der Waals surface area contributed by atoms with Gasteiger partial charge in [-0.3, -0.25) is 4.79 Å². The van der Waals surface area contributed by atoms with Crippen molar-refractivity contribution in [3.8, 4) is 11.5 Å². The van der Waals surface area contributed by atoms with E-state index in [1.807, 2.05) is 4.57 Å². The van der Waals surface area contributed by atoms with Crippen LogP contribution in [0.2, 0.25) is 0 Å². The highest BCUT2D eigenvalue weighted by Gasteiger charge is 2.26. The molecule has 1 aliphatic rings. The Balaban J connectivity index is 1.54. The van der Waals surface area contributed by atoms with Gasteiger partial charge in [0.2, 0.25) is 0 Å². The van der Waals surface area contributed by atoms with E-state index >= 15 is 0 Å². The molecule has 0 unspecified atom stereocenters. The number of aliphatic hydroxyl groups excluding tert-OH is 1. The van der Waals surface area contributed by atoms with Crippen molar-refractivity contribution in [3.63, 3.8) is 0 Å². The second-order valence-electron chi connectivity index (χ2n) is 8.08. The molecule has 0 saturated carbocycles. The molecular formula is C21H25BrN6O4S. The molecule has 33 heavy (non-hydrogen) atoms. The number of rotatable bonds is 6. The summed E-state index contributed by atoms with van der Waals surface area (Å²) >= 11 is 4.74. The Bertz CT molecular complexity index is 1180. The zero-order valence-electron chi connectivity index (χ0n) is 18.0. The van der Waals surface area contributed by atoms with Crippen LogP contribution in [0.15, 0.2) is 33.0 Å². The minimum atomic E-state index is -0.970. The lowest BCUT2D eigenvalue weighted by molar-refractivity contribution is -0.140. The number of benzene rings is 1. The summed E-state index contributed by atoms with van der Waals surface area (Å²) in [5.74, 6) is 0.0548. The van der Waals surface area contributed by atoms with Gasteiger partial charge in [0.15, 0.2) is 33.6 Å². The third-order valence-electron chi connectivity index (χ3n) is 5.80. The average molecular weight is 537 g/mol. The second-order valence-corrected chi connectivity index (χ2v) is 9.95. The third kappa shape index (κ3) is 5.02. The molecule has 2 aromatic heterocycles. The Hall–Kier alpha value is -2.57. The van der Waals surface area contributed by atoms with Crippen LogP contribution in [0.4, 0.5) is 5.82 Å². The number of carbonyl (C=O) groups is 1. The summed E-state index contributed by atoms with van der Waals surface area (Å²) in [7, 11) is 0. The van der Waals surface area contributed by atoms with E-state index in [-0.39, 0.29) is 23.2 Å². The normalized spacial score (nSPS) is 15.8. The number of phenolic OH excluding ortho intramolecular Hbond substituents is 2. The monoisotopic (exact) mass is 536 g/mol.